The molecular weight excluding hydrogens is 308 g/mol. The number of urea groups is 2. The van der Waals surface area contributed by atoms with Crippen molar-refractivity contribution in [2.45, 2.75) is 30.8 Å². The molecule has 4 rings (SSSR count). The molecule has 1 unspecified atom stereocenters. The summed E-state index contributed by atoms with van der Waals surface area (Å²) in [6.07, 6.45) is 0.797. The highest BCUT2D eigenvalue weighted by molar-refractivity contribution is 6.08. The van der Waals surface area contributed by atoms with Gasteiger partial charge in [-0.25, -0.2) is 9.59 Å². The molecule has 1 aromatic rings. The van der Waals surface area contributed by atoms with E-state index in [0.717, 1.165) is 12.0 Å². The van der Waals surface area contributed by atoms with Gasteiger partial charge in [0.25, 0.3) is 5.91 Å². The first kappa shape index (κ1) is 15.0. The third kappa shape index (κ3) is 2.00. The molecule has 126 valence electrons. The van der Waals surface area contributed by atoms with Gasteiger partial charge < -0.3 is 15.5 Å². The van der Waals surface area contributed by atoms with Gasteiger partial charge in [-0.3, -0.25) is 9.69 Å². The quantitative estimate of drug-likeness (QED) is 0.820. The van der Waals surface area contributed by atoms with Gasteiger partial charge in [-0.15, -0.1) is 0 Å². The van der Waals surface area contributed by atoms with Gasteiger partial charge in [-0.2, -0.15) is 0 Å². The molecule has 3 aliphatic rings. The van der Waals surface area contributed by atoms with Crippen LogP contribution in [-0.4, -0.2) is 63.9 Å². The van der Waals surface area contributed by atoms with E-state index in [-0.39, 0.29) is 30.4 Å². The van der Waals surface area contributed by atoms with Crippen LogP contribution < -0.4 is 5.73 Å². The van der Waals surface area contributed by atoms with Gasteiger partial charge in [0.05, 0.1) is 6.54 Å². The second kappa shape index (κ2) is 4.96. The molecule has 2 heterocycles. The standard InChI is InChI=1S/C17H20N4O3/c1-17-10-19(15(18)23)7-8-20(17)16(24)21(14(17)22)13-9-12(13)11-5-3-2-4-6-11/h2-6,12-13H,7-10H2,1H3,(H2,18,23)/t12-,13+,17?/m1/s1. The van der Waals surface area contributed by atoms with E-state index in [1.54, 1.807) is 11.8 Å². The third-order valence-corrected chi connectivity index (χ3v) is 5.43. The number of imide groups is 1. The summed E-state index contributed by atoms with van der Waals surface area (Å²) in [5.74, 6) is -0.0156. The molecule has 2 saturated heterocycles. The van der Waals surface area contributed by atoms with Crippen LogP contribution in [0.1, 0.15) is 24.8 Å². The van der Waals surface area contributed by atoms with E-state index in [0.29, 0.717) is 13.1 Å². The first-order valence-corrected chi connectivity index (χ1v) is 8.18. The summed E-state index contributed by atoms with van der Waals surface area (Å²) < 4.78 is 0. The number of amides is 5. The Balaban J connectivity index is 1.58. The largest absolute Gasteiger partial charge is 0.351 e. The summed E-state index contributed by atoms with van der Waals surface area (Å²) in [6.45, 7) is 2.59. The van der Waals surface area contributed by atoms with Crippen LogP contribution in [0.2, 0.25) is 0 Å². The van der Waals surface area contributed by atoms with Crippen LogP contribution in [0.3, 0.4) is 0 Å². The Labute approximate surface area is 140 Å². The molecule has 0 bridgehead atoms. The molecule has 0 aromatic heterocycles. The predicted molar refractivity (Wildman–Crippen MR) is 86.1 cm³/mol. The van der Waals surface area contributed by atoms with Crippen molar-refractivity contribution >= 4 is 18.0 Å². The fourth-order valence-electron chi connectivity index (χ4n) is 3.98. The highest BCUT2D eigenvalue weighted by atomic mass is 16.2. The third-order valence-electron chi connectivity index (χ3n) is 5.43. The molecule has 1 aliphatic carbocycles. The average Bonchev–Trinajstić information content (AvgIpc) is 3.32. The molecule has 3 atom stereocenters. The maximum atomic E-state index is 13.0. The van der Waals surface area contributed by atoms with Crippen molar-refractivity contribution < 1.29 is 14.4 Å². The summed E-state index contributed by atoms with van der Waals surface area (Å²) in [5.41, 5.74) is 5.50. The number of nitrogens with zero attached hydrogens (tertiary/aromatic N) is 3. The Morgan fingerprint density at radius 3 is 2.58 bits per heavy atom. The summed E-state index contributed by atoms with van der Waals surface area (Å²) >= 11 is 0. The Kier molecular flexibility index (Phi) is 3.10. The topological polar surface area (TPSA) is 86.9 Å². The highest BCUT2D eigenvalue weighted by Gasteiger charge is 2.62. The number of fused-ring (bicyclic) bond motifs is 1. The molecule has 1 saturated carbocycles. The Morgan fingerprint density at radius 2 is 1.92 bits per heavy atom. The number of hydrogen-bond donors (Lipinski definition) is 1. The summed E-state index contributed by atoms with van der Waals surface area (Å²) in [6, 6.07) is 9.06. The normalized spacial score (nSPS) is 32.1. The molecule has 7 heteroatoms. The number of hydrogen-bond acceptors (Lipinski definition) is 3. The zero-order valence-electron chi connectivity index (χ0n) is 13.5. The molecule has 7 nitrogen and oxygen atoms in total. The lowest BCUT2D eigenvalue weighted by molar-refractivity contribution is -0.134. The van der Waals surface area contributed by atoms with E-state index in [2.05, 4.69) is 0 Å². The van der Waals surface area contributed by atoms with Gasteiger partial charge >= 0.3 is 12.1 Å². The number of rotatable bonds is 2. The molecule has 24 heavy (non-hydrogen) atoms. The van der Waals surface area contributed by atoms with Crippen molar-refractivity contribution in [2.75, 3.05) is 19.6 Å². The van der Waals surface area contributed by atoms with Gasteiger partial charge in [0.2, 0.25) is 0 Å². The number of carbonyl (C=O) groups is 3. The van der Waals surface area contributed by atoms with E-state index in [1.807, 2.05) is 30.3 Å². The molecule has 0 spiro atoms. The van der Waals surface area contributed by atoms with Gasteiger partial charge in [-0.1, -0.05) is 30.3 Å². The van der Waals surface area contributed by atoms with Crippen molar-refractivity contribution in [2.24, 2.45) is 5.73 Å². The number of piperazine rings is 1. The molecule has 2 N–H and O–H groups in total. The molecular formula is C17H20N4O3. The maximum Gasteiger partial charge on any atom is 0.328 e. The van der Waals surface area contributed by atoms with E-state index in [4.69, 9.17) is 5.73 Å². The number of carbonyl (C=O) groups excluding carboxylic acids is 3. The van der Waals surface area contributed by atoms with Gasteiger partial charge in [0, 0.05) is 25.0 Å². The predicted octanol–water partition coefficient (Wildman–Crippen LogP) is 0.960. The Hall–Kier alpha value is -2.57. The summed E-state index contributed by atoms with van der Waals surface area (Å²) in [4.78, 5) is 41.7. The van der Waals surface area contributed by atoms with E-state index in [9.17, 15) is 14.4 Å². The van der Waals surface area contributed by atoms with Crippen molar-refractivity contribution in [3.8, 4) is 0 Å². The molecule has 3 fully saturated rings. The molecule has 2 aliphatic heterocycles. The highest BCUT2D eigenvalue weighted by Crippen LogP contribution is 2.48. The molecule has 1 aromatic carbocycles. The van der Waals surface area contributed by atoms with Crippen molar-refractivity contribution in [3.05, 3.63) is 35.9 Å². The maximum absolute atomic E-state index is 13.0. The minimum Gasteiger partial charge on any atom is -0.351 e. The van der Waals surface area contributed by atoms with Gasteiger partial charge in [0.15, 0.2) is 0 Å². The van der Waals surface area contributed by atoms with Gasteiger partial charge in [-0.05, 0) is 18.9 Å². The first-order valence-electron chi connectivity index (χ1n) is 8.18. The summed E-state index contributed by atoms with van der Waals surface area (Å²) in [7, 11) is 0. The SMILES string of the molecule is CC12CN(C(N)=O)CCN1C(=O)N([C@H]1C[C@@H]1c1ccccc1)C2=O. The lowest BCUT2D eigenvalue weighted by atomic mass is 9.97. The minimum absolute atomic E-state index is 0.0862. The van der Waals surface area contributed by atoms with Crippen LogP contribution in [0.15, 0.2) is 30.3 Å². The first-order chi connectivity index (χ1) is 11.4. The average molecular weight is 328 g/mol. The molecule has 0 radical (unpaired) electrons. The van der Waals surface area contributed by atoms with E-state index < -0.39 is 11.6 Å². The number of primary amides is 1. The number of nitrogens with two attached hydrogens (primary N) is 1. The Bertz CT molecular complexity index is 722. The van der Waals surface area contributed by atoms with Crippen LogP contribution in [0, 0.1) is 0 Å². The lowest BCUT2D eigenvalue weighted by Crippen LogP contribution is -2.63. The van der Waals surface area contributed by atoms with Crippen LogP contribution in [-0.2, 0) is 4.79 Å². The number of benzene rings is 1. The van der Waals surface area contributed by atoms with Gasteiger partial charge in [0.1, 0.15) is 5.54 Å². The molecule has 5 amide bonds. The Morgan fingerprint density at radius 1 is 1.21 bits per heavy atom. The van der Waals surface area contributed by atoms with Crippen molar-refractivity contribution in [3.63, 3.8) is 0 Å². The van der Waals surface area contributed by atoms with Crippen LogP contribution in [0.4, 0.5) is 9.59 Å². The lowest BCUT2D eigenvalue weighted by Gasteiger charge is -2.41. The fraction of sp³-hybridized carbons (Fsp3) is 0.471. The minimum atomic E-state index is -1.01. The second-order valence-electron chi connectivity index (χ2n) is 6.96. The second-order valence-corrected chi connectivity index (χ2v) is 6.96. The monoisotopic (exact) mass is 328 g/mol. The smallest absolute Gasteiger partial charge is 0.328 e. The van der Waals surface area contributed by atoms with Crippen molar-refractivity contribution in [1.82, 2.24) is 14.7 Å². The fourth-order valence-corrected chi connectivity index (χ4v) is 3.98. The van der Waals surface area contributed by atoms with Crippen molar-refractivity contribution in [1.29, 1.82) is 0 Å². The van der Waals surface area contributed by atoms with Crippen LogP contribution in [0.25, 0.3) is 0 Å². The zero-order valence-corrected chi connectivity index (χ0v) is 13.5. The van der Waals surface area contributed by atoms with E-state index in [1.165, 1.54) is 9.80 Å². The van der Waals surface area contributed by atoms with Crippen LogP contribution in [0.5, 0.6) is 0 Å². The summed E-state index contributed by atoms with van der Waals surface area (Å²) in [5, 5.41) is 0. The zero-order chi connectivity index (χ0) is 17.1. The van der Waals surface area contributed by atoms with E-state index >= 15 is 0 Å². The van der Waals surface area contributed by atoms with Crippen LogP contribution >= 0.6 is 0 Å².